The topological polar surface area (TPSA) is 111 Å². The first-order chi connectivity index (χ1) is 16.5. The fourth-order valence-corrected chi connectivity index (χ4v) is 3.92. The maximum Gasteiger partial charge on any atom is 0.229 e. The van der Waals surface area contributed by atoms with E-state index in [1.165, 1.54) is 38.3 Å². The molecule has 8 nitrogen and oxygen atoms in total. The number of aromatic nitrogens is 2. The lowest BCUT2D eigenvalue weighted by molar-refractivity contribution is 0.103. The number of benzene rings is 2. The van der Waals surface area contributed by atoms with Crippen LogP contribution in [0.2, 0.25) is 0 Å². The number of ketones is 1. The number of hydrogen-bond donors (Lipinski definition) is 3. The van der Waals surface area contributed by atoms with Gasteiger partial charge >= 0.3 is 0 Å². The van der Waals surface area contributed by atoms with Gasteiger partial charge in [-0.25, -0.2) is 9.37 Å². The summed E-state index contributed by atoms with van der Waals surface area (Å²) < 4.78 is 24.6. The van der Waals surface area contributed by atoms with Crippen molar-refractivity contribution in [2.45, 2.75) is 31.7 Å². The molecular weight excluding hydrogens is 437 g/mol. The Balaban J connectivity index is 1.35. The Hall–Kier alpha value is -3.72. The zero-order chi connectivity index (χ0) is 23.9. The van der Waals surface area contributed by atoms with Gasteiger partial charge in [-0.15, -0.1) is 0 Å². The second-order valence-electron chi connectivity index (χ2n) is 8.10. The molecule has 0 amide bonds. The molecule has 0 spiro atoms. The van der Waals surface area contributed by atoms with Crippen molar-refractivity contribution in [1.29, 1.82) is 0 Å². The molecule has 2 heterocycles. The largest absolute Gasteiger partial charge is 0.496 e. The Labute approximate surface area is 197 Å². The summed E-state index contributed by atoms with van der Waals surface area (Å²) in [4.78, 5) is 21.2. The summed E-state index contributed by atoms with van der Waals surface area (Å²) in [5.41, 5.74) is 6.86. The van der Waals surface area contributed by atoms with Gasteiger partial charge in [0.25, 0.3) is 0 Å². The van der Waals surface area contributed by atoms with Gasteiger partial charge in [0, 0.05) is 17.9 Å². The highest BCUT2D eigenvalue weighted by molar-refractivity contribution is 6.13. The van der Waals surface area contributed by atoms with Crippen LogP contribution in [0.1, 0.15) is 41.6 Å². The van der Waals surface area contributed by atoms with Gasteiger partial charge in [-0.3, -0.25) is 4.79 Å². The number of nitrogen functional groups attached to an aromatic ring is 1. The van der Waals surface area contributed by atoms with Crippen LogP contribution < -0.4 is 25.8 Å². The van der Waals surface area contributed by atoms with Gasteiger partial charge in [-0.1, -0.05) is 0 Å². The van der Waals surface area contributed by atoms with Gasteiger partial charge < -0.3 is 25.8 Å². The summed E-state index contributed by atoms with van der Waals surface area (Å²) >= 11 is 0. The third-order valence-corrected chi connectivity index (χ3v) is 5.71. The van der Waals surface area contributed by atoms with Gasteiger partial charge in [-0.05, 0) is 74.7 Å². The van der Waals surface area contributed by atoms with Crippen LogP contribution in [0.5, 0.6) is 11.5 Å². The molecule has 1 fully saturated rings. The number of carbonyl (C=O) groups excluding carboxylic acids is 1. The van der Waals surface area contributed by atoms with Crippen LogP contribution >= 0.6 is 0 Å². The van der Waals surface area contributed by atoms with E-state index in [1.54, 1.807) is 0 Å². The molecule has 2 aromatic carbocycles. The Morgan fingerprint density at radius 1 is 1.24 bits per heavy atom. The highest BCUT2D eigenvalue weighted by Crippen LogP contribution is 2.25. The monoisotopic (exact) mass is 465 g/mol. The van der Waals surface area contributed by atoms with Gasteiger partial charge in [0.05, 0.1) is 24.8 Å². The Morgan fingerprint density at radius 3 is 2.76 bits per heavy atom. The highest BCUT2D eigenvalue weighted by Gasteiger charge is 2.20. The number of ether oxygens (including phenoxy) is 2. The summed E-state index contributed by atoms with van der Waals surface area (Å²) in [7, 11) is 1.40. The van der Waals surface area contributed by atoms with Crippen LogP contribution in [0.3, 0.4) is 0 Å². The number of nitrogens with two attached hydrogens (primary N) is 1. The van der Waals surface area contributed by atoms with E-state index in [9.17, 15) is 9.18 Å². The number of carbonyl (C=O) groups is 1. The highest BCUT2D eigenvalue weighted by atomic mass is 19.1. The molecule has 0 saturated carbocycles. The molecule has 4 rings (SSSR count). The fourth-order valence-electron chi connectivity index (χ4n) is 3.92. The third kappa shape index (κ3) is 5.79. The minimum Gasteiger partial charge on any atom is -0.496 e. The van der Waals surface area contributed by atoms with Gasteiger partial charge in [0.1, 0.15) is 23.1 Å². The number of nitrogens with zero attached hydrogens (tertiary/aromatic N) is 2. The van der Waals surface area contributed by atoms with Crippen molar-refractivity contribution in [3.05, 3.63) is 65.6 Å². The van der Waals surface area contributed by atoms with Crippen LogP contribution in [-0.2, 0) is 0 Å². The summed E-state index contributed by atoms with van der Waals surface area (Å²) in [6, 6.07) is 11.8. The summed E-state index contributed by atoms with van der Waals surface area (Å²) in [6.07, 6.45) is 5.96. The first-order valence-corrected chi connectivity index (χ1v) is 11.3. The Bertz CT molecular complexity index is 1130. The maximum absolute atomic E-state index is 13.7. The van der Waals surface area contributed by atoms with Crippen LogP contribution in [0, 0.1) is 5.82 Å². The molecule has 0 bridgehead atoms. The molecule has 4 N–H and O–H groups in total. The summed E-state index contributed by atoms with van der Waals surface area (Å²) in [5, 5.41) is 6.54. The number of rotatable bonds is 10. The molecule has 9 heteroatoms. The molecule has 178 valence electrons. The first-order valence-electron chi connectivity index (χ1n) is 11.3. The van der Waals surface area contributed by atoms with Crippen molar-refractivity contribution >= 4 is 23.2 Å². The molecule has 0 radical (unpaired) electrons. The van der Waals surface area contributed by atoms with Gasteiger partial charge in [0.2, 0.25) is 11.7 Å². The maximum atomic E-state index is 13.7. The van der Waals surface area contributed by atoms with E-state index in [2.05, 4.69) is 20.6 Å². The van der Waals surface area contributed by atoms with Crippen LogP contribution in [0.25, 0.3) is 0 Å². The lowest BCUT2D eigenvalue weighted by Crippen LogP contribution is -2.21. The zero-order valence-corrected chi connectivity index (χ0v) is 19.0. The van der Waals surface area contributed by atoms with Gasteiger partial charge in [0.15, 0.2) is 0 Å². The predicted molar refractivity (Wildman–Crippen MR) is 128 cm³/mol. The molecule has 1 saturated heterocycles. The molecule has 1 atom stereocenters. The lowest BCUT2D eigenvalue weighted by atomic mass is 10.0. The van der Waals surface area contributed by atoms with E-state index in [1.807, 2.05) is 24.3 Å². The molecule has 1 aliphatic heterocycles. The molecule has 1 aliphatic rings. The number of hydrogen-bond acceptors (Lipinski definition) is 8. The van der Waals surface area contributed by atoms with Crippen molar-refractivity contribution in [3.8, 4) is 11.5 Å². The minimum absolute atomic E-state index is 0.0227. The average Bonchev–Trinajstić information content (AvgIpc) is 3.36. The van der Waals surface area contributed by atoms with E-state index in [0.29, 0.717) is 12.6 Å². The average molecular weight is 466 g/mol. The molecule has 1 unspecified atom stereocenters. The van der Waals surface area contributed by atoms with Crippen LogP contribution in [0.4, 0.5) is 21.8 Å². The quantitative estimate of drug-likeness (QED) is 0.303. The summed E-state index contributed by atoms with van der Waals surface area (Å²) in [6.45, 7) is 1.80. The second kappa shape index (κ2) is 10.9. The van der Waals surface area contributed by atoms with E-state index >= 15 is 0 Å². The fraction of sp³-hybridized carbons (Fsp3) is 0.320. The second-order valence-corrected chi connectivity index (χ2v) is 8.10. The third-order valence-electron chi connectivity index (χ3n) is 5.71. The predicted octanol–water partition coefficient (Wildman–Crippen LogP) is 4.09. The van der Waals surface area contributed by atoms with E-state index in [0.717, 1.165) is 36.9 Å². The van der Waals surface area contributed by atoms with E-state index in [-0.39, 0.29) is 28.6 Å². The lowest BCUT2D eigenvalue weighted by Gasteiger charge is -2.12. The molecular formula is C25H28FN5O3. The number of nitrogens with one attached hydrogen (secondary N) is 2. The number of anilines is 3. The SMILES string of the molecule is COc1ccc(F)cc1C(=O)c1cnc(Nc2ccc(OCCCC3CCCN3)cc2)nc1N. The first kappa shape index (κ1) is 23.4. The molecule has 0 aliphatic carbocycles. The molecule has 1 aromatic heterocycles. The van der Waals surface area contributed by atoms with Crippen molar-refractivity contribution in [3.63, 3.8) is 0 Å². The van der Waals surface area contributed by atoms with E-state index in [4.69, 9.17) is 15.2 Å². The Morgan fingerprint density at radius 2 is 2.06 bits per heavy atom. The molecule has 3 aromatic rings. The standard InChI is InChI=1S/C25H28FN5O3/c1-33-22-11-6-16(26)14-20(22)23(32)21-15-29-25(31-24(21)27)30-18-7-9-19(10-8-18)34-13-3-5-17-4-2-12-28-17/h6-11,14-15,17,28H,2-5,12-13H2,1H3,(H3,27,29,30,31). The number of methoxy groups -OCH3 is 1. The normalized spacial score (nSPS) is 15.2. The zero-order valence-electron chi connectivity index (χ0n) is 19.0. The van der Waals surface area contributed by atoms with Crippen molar-refractivity contribution < 1.29 is 18.7 Å². The summed E-state index contributed by atoms with van der Waals surface area (Å²) in [5.74, 6) is 0.162. The molecule has 34 heavy (non-hydrogen) atoms. The van der Waals surface area contributed by atoms with E-state index < -0.39 is 11.6 Å². The minimum atomic E-state index is -0.555. The van der Waals surface area contributed by atoms with Crippen LogP contribution in [-0.4, -0.2) is 42.1 Å². The smallest absolute Gasteiger partial charge is 0.229 e. The van der Waals surface area contributed by atoms with Crippen LogP contribution in [0.15, 0.2) is 48.7 Å². The van der Waals surface area contributed by atoms with Crippen molar-refractivity contribution in [1.82, 2.24) is 15.3 Å². The van der Waals surface area contributed by atoms with Crippen molar-refractivity contribution in [2.75, 3.05) is 31.3 Å². The van der Waals surface area contributed by atoms with Crippen molar-refractivity contribution in [2.24, 2.45) is 0 Å². The van der Waals surface area contributed by atoms with Gasteiger partial charge in [-0.2, -0.15) is 4.98 Å². The number of halogens is 1. The Kier molecular flexibility index (Phi) is 7.54.